The number of nitrogens with one attached hydrogen (secondary N) is 1. The van der Waals surface area contributed by atoms with Crippen molar-refractivity contribution < 1.29 is 9.59 Å². The van der Waals surface area contributed by atoms with Crippen LogP contribution in [0.1, 0.15) is 27.4 Å². The van der Waals surface area contributed by atoms with Gasteiger partial charge in [-0.15, -0.1) is 11.3 Å². The number of hydrogen-bond acceptors (Lipinski definition) is 4. The zero-order chi connectivity index (χ0) is 17.5. The Bertz CT molecular complexity index is 695. The lowest BCUT2D eigenvalue weighted by atomic mass is 10.1. The molecule has 2 rings (SSSR count). The van der Waals surface area contributed by atoms with Crippen molar-refractivity contribution in [3.63, 3.8) is 0 Å². The predicted octanol–water partition coefficient (Wildman–Crippen LogP) is 2.47. The molecule has 0 unspecified atom stereocenters. The molecule has 0 bridgehead atoms. The maximum absolute atomic E-state index is 12.1. The van der Waals surface area contributed by atoms with Crippen molar-refractivity contribution >= 4 is 23.2 Å². The first kappa shape index (κ1) is 18.1. The molecule has 0 aliphatic rings. The molecule has 0 atom stereocenters. The fourth-order valence-corrected chi connectivity index (χ4v) is 3.06. The number of likely N-dealkylation sites (N-methyl/N-ethyl adjacent to an activating group) is 1. The standard InChI is InChI=1S/C18H23N3O2S/c1-13-4-6-15(7-5-13)8-9-17(22)20-11-18(23)21(3)12-16-10-19-14(2)24-16/h4-7,10H,8-9,11-12H2,1-3H3,(H,20,22). The third-order valence-electron chi connectivity index (χ3n) is 3.69. The van der Waals surface area contributed by atoms with E-state index in [1.165, 1.54) is 5.56 Å². The lowest BCUT2D eigenvalue weighted by Gasteiger charge is -2.16. The molecule has 0 fully saturated rings. The first-order valence-electron chi connectivity index (χ1n) is 7.91. The molecule has 0 saturated heterocycles. The molecule has 0 radical (unpaired) electrons. The molecule has 0 saturated carbocycles. The quantitative estimate of drug-likeness (QED) is 0.838. The Labute approximate surface area is 146 Å². The Morgan fingerprint density at radius 1 is 1.21 bits per heavy atom. The van der Waals surface area contributed by atoms with E-state index < -0.39 is 0 Å². The fourth-order valence-electron chi connectivity index (χ4n) is 2.21. The highest BCUT2D eigenvalue weighted by molar-refractivity contribution is 7.11. The molecular weight excluding hydrogens is 322 g/mol. The molecule has 0 spiro atoms. The Kier molecular flexibility index (Phi) is 6.49. The summed E-state index contributed by atoms with van der Waals surface area (Å²) in [6, 6.07) is 8.12. The molecule has 24 heavy (non-hydrogen) atoms. The van der Waals surface area contributed by atoms with Crippen LogP contribution in [0.4, 0.5) is 0 Å². The summed E-state index contributed by atoms with van der Waals surface area (Å²) < 4.78 is 0. The van der Waals surface area contributed by atoms with Crippen LogP contribution in [0, 0.1) is 13.8 Å². The average Bonchev–Trinajstić information content (AvgIpc) is 2.96. The molecule has 1 aromatic carbocycles. The second-order valence-corrected chi connectivity index (χ2v) is 7.18. The smallest absolute Gasteiger partial charge is 0.242 e. The summed E-state index contributed by atoms with van der Waals surface area (Å²) >= 11 is 1.57. The van der Waals surface area contributed by atoms with Gasteiger partial charge in [0.05, 0.1) is 18.1 Å². The minimum absolute atomic E-state index is 0.0288. The number of aromatic nitrogens is 1. The van der Waals surface area contributed by atoms with E-state index in [1.54, 1.807) is 29.5 Å². The number of amides is 2. The Morgan fingerprint density at radius 3 is 2.54 bits per heavy atom. The number of rotatable bonds is 7. The van der Waals surface area contributed by atoms with Gasteiger partial charge in [-0.1, -0.05) is 29.8 Å². The van der Waals surface area contributed by atoms with Crippen LogP contribution in [0.15, 0.2) is 30.5 Å². The van der Waals surface area contributed by atoms with E-state index in [9.17, 15) is 9.59 Å². The number of carbonyl (C=O) groups excluding carboxylic acids is 2. The maximum Gasteiger partial charge on any atom is 0.242 e. The summed E-state index contributed by atoms with van der Waals surface area (Å²) in [7, 11) is 1.73. The van der Waals surface area contributed by atoms with Crippen molar-refractivity contribution in [1.82, 2.24) is 15.2 Å². The number of thiazole rings is 1. The average molecular weight is 345 g/mol. The molecule has 1 heterocycles. The molecule has 1 aromatic heterocycles. The summed E-state index contributed by atoms with van der Waals surface area (Å²) in [4.78, 5) is 30.8. The van der Waals surface area contributed by atoms with Crippen LogP contribution in [0.5, 0.6) is 0 Å². The Hall–Kier alpha value is -2.21. The summed E-state index contributed by atoms with van der Waals surface area (Å²) in [6.07, 6.45) is 2.84. The van der Waals surface area contributed by atoms with Gasteiger partial charge in [0.1, 0.15) is 0 Å². The predicted molar refractivity (Wildman–Crippen MR) is 95.8 cm³/mol. The number of aryl methyl sites for hydroxylation is 3. The van der Waals surface area contributed by atoms with E-state index in [-0.39, 0.29) is 18.4 Å². The third-order valence-corrected chi connectivity index (χ3v) is 4.58. The largest absolute Gasteiger partial charge is 0.347 e. The van der Waals surface area contributed by atoms with E-state index in [4.69, 9.17) is 0 Å². The highest BCUT2D eigenvalue weighted by Gasteiger charge is 2.12. The second kappa shape index (κ2) is 8.59. The van der Waals surface area contributed by atoms with Crippen molar-refractivity contribution in [1.29, 1.82) is 0 Å². The van der Waals surface area contributed by atoms with Gasteiger partial charge in [-0.2, -0.15) is 0 Å². The van der Waals surface area contributed by atoms with Gasteiger partial charge in [0.25, 0.3) is 0 Å². The van der Waals surface area contributed by atoms with E-state index in [0.29, 0.717) is 19.4 Å². The normalized spacial score (nSPS) is 10.5. The number of hydrogen-bond donors (Lipinski definition) is 1. The van der Waals surface area contributed by atoms with Gasteiger partial charge in [0.15, 0.2) is 0 Å². The lowest BCUT2D eigenvalue weighted by molar-refractivity contribution is -0.132. The minimum Gasteiger partial charge on any atom is -0.347 e. The third kappa shape index (κ3) is 5.77. The summed E-state index contributed by atoms with van der Waals surface area (Å²) in [5.41, 5.74) is 2.33. The van der Waals surface area contributed by atoms with Gasteiger partial charge >= 0.3 is 0 Å². The van der Waals surface area contributed by atoms with Crippen LogP contribution in [0.25, 0.3) is 0 Å². The molecule has 6 heteroatoms. The fraction of sp³-hybridized carbons (Fsp3) is 0.389. The monoisotopic (exact) mass is 345 g/mol. The zero-order valence-electron chi connectivity index (χ0n) is 14.3. The van der Waals surface area contributed by atoms with E-state index in [0.717, 1.165) is 15.4 Å². The topological polar surface area (TPSA) is 62.3 Å². The van der Waals surface area contributed by atoms with E-state index >= 15 is 0 Å². The van der Waals surface area contributed by atoms with Crippen LogP contribution < -0.4 is 5.32 Å². The van der Waals surface area contributed by atoms with Gasteiger partial charge in [-0.05, 0) is 25.8 Å². The van der Waals surface area contributed by atoms with E-state index in [2.05, 4.69) is 10.3 Å². The van der Waals surface area contributed by atoms with Crippen LogP contribution in [0.2, 0.25) is 0 Å². The van der Waals surface area contributed by atoms with Crippen molar-refractivity contribution in [3.05, 3.63) is 51.5 Å². The van der Waals surface area contributed by atoms with Crippen LogP contribution in [0.3, 0.4) is 0 Å². The van der Waals surface area contributed by atoms with Crippen LogP contribution in [-0.2, 0) is 22.6 Å². The molecule has 1 N–H and O–H groups in total. The molecule has 0 aliphatic carbocycles. The highest BCUT2D eigenvalue weighted by Crippen LogP contribution is 2.13. The van der Waals surface area contributed by atoms with Gasteiger partial charge in [-0.25, -0.2) is 4.98 Å². The number of nitrogens with zero attached hydrogens (tertiary/aromatic N) is 2. The summed E-state index contributed by atoms with van der Waals surface area (Å²) in [5, 5.41) is 3.68. The number of benzene rings is 1. The number of carbonyl (C=O) groups is 2. The maximum atomic E-state index is 12.1. The zero-order valence-corrected chi connectivity index (χ0v) is 15.2. The summed E-state index contributed by atoms with van der Waals surface area (Å²) in [5.74, 6) is -0.212. The van der Waals surface area contributed by atoms with Crippen LogP contribution >= 0.6 is 11.3 Å². The van der Waals surface area contributed by atoms with Gasteiger partial charge in [0, 0.05) is 24.5 Å². The SMILES string of the molecule is Cc1ccc(CCC(=O)NCC(=O)N(C)Cc2cnc(C)s2)cc1. The lowest BCUT2D eigenvalue weighted by Crippen LogP contribution is -2.37. The first-order chi connectivity index (χ1) is 11.4. The first-order valence-corrected chi connectivity index (χ1v) is 8.73. The summed E-state index contributed by atoms with van der Waals surface area (Å²) in [6.45, 7) is 4.51. The molecule has 128 valence electrons. The Morgan fingerprint density at radius 2 is 1.92 bits per heavy atom. The second-order valence-electron chi connectivity index (χ2n) is 5.86. The van der Waals surface area contributed by atoms with Gasteiger partial charge in [0.2, 0.25) is 11.8 Å². The van der Waals surface area contributed by atoms with Gasteiger partial charge in [-0.3, -0.25) is 9.59 Å². The van der Waals surface area contributed by atoms with Crippen LogP contribution in [-0.4, -0.2) is 35.3 Å². The van der Waals surface area contributed by atoms with Crippen molar-refractivity contribution in [2.24, 2.45) is 0 Å². The molecule has 0 aliphatic heterocycles. The highest BCUT2D eigenvalue weighted by atomic mass is 32.1. The molecular formula is C18H23N3O2S. The molecule has 2 aromatic rings. The van der Waals surface area contributed by atoms with E-state index in [1.807, 2.05) is 38.1 Å². The van der Waals surface area contributed by atoms with Crippen molar-refractivity contribution in [3.8, 4) is 0 Å². The molecule has 5 nitrogen and oxygen atoms in total. The minimum atomic E-state index is -0.107. The van der Waals surface area contributed by atoms with Gasteiger partial charge < -0.3 is 10.2 Å². The van der Waals surface area contributed by atoms with Crippen molar-refractivity contribution in [2.45, 2.75) is 33.2 Å². The molecule has 2 amide bonds. The van der Waals surface area contributed by atoms with Crippen molar-refractivity contribution in [2.75, 3.05) is 13.6 Å². The Balaban J connectivity index is 1.70.